The smallest absolute Gasteiger partial charge is 0.234 e. The zero-order valence-corrected chi connectivity index (χ0v) is 40.9. The highest BCUT2D eigenvalue weighted by Crippen LogP contribution is 2.18. The van der Waals surface area contributed by atoms with Gasteiger partial charge in [-0.2, -0.15) is 0 Å². The predicted octanol–water partition coefficient (Wildman–Crippen LogP) is 19.7. The molecule has 58 heavy (non-hydrogen) atoms. The number of aromatic nitrogens is 2. The molecule has 0 bridgehead atoms. The number of nitrogens with zero attached hydrogens (tertiary/aromatic N) is 2. The summed E-state index contributed by atoms with van der Waals surface area (Å²) in [5, 5.41) is 0. The minimum absolute atomic E-state index is 1.23. The quantitative estimate of drug-likeness (QED) is 0.0458. The molecule has 0 saturated carbocycles. The molecule has 344 valence electrons. The van der Waals surface area contributed by atoms with Crippen molar-refractivity contribution in [1.82, 2.24) is 4.57 Å². The van der Waals surface area contributed by atoms with Crippen LogP contribution in [0.5, 0.6) is 0 Å². The molecule has 2 nitrogen and oxygen atoms in total. The molecule has 0 unspecified atom stereocenters. The van der Waals surface area contributed by atoms with Crippen LogP contribution in [-0.2, 0) is 19.5 Å². The molecule has 2 heteroatoms. The second-order valence-corrected chi connectivity index (χ2v) is 19.4. The van der Waals surface area contributed by atoms with E-state index < -0.39 is 0 Å². The van der Waals surface area contributed by atoms with E-state index in [9.17, 15) is 0 Å². The molecule has 0 fully saturated rings. The highest BCUT2D eigenvalue weighted by Gasteiger charge is 2.16. The van der Waals surface area contributed by atoms with Crippen LogP contribution in [0.25, 0.3) is 0 Å². The second-order valence-electron chi connectivity index (χ2n) is 19.4. The molecule has 0 amide bonds. The fraction of sp³-hybridized carbons (Fsp3) is 0.946. The summed E-state index contributed by atoms with van der Waals surface area (Å²) in [5.74, 6) is 1.64. The SMILES string of the molecule is CCCCCCCCCCCCCCCCCCCc1n(CCCCCCCCCCCCCCCCC)cc[n+]1CCCCCCCCCCCCCCCCC. The van der Waals surface area contributed by atoms with Crippen molar-refractivity contribution in [1.29, 1.82) is 0 Å². The van der Waals surface area contributed by atoms with Gasteiger partial charge >= 0.3 is 0 Å². The van der Waals surface area contributed by atoms with Crippen LogP contribution in [0.1, 0.15) is 328 Å². The fourth-order valence-corrected chi connectivity index (χ4v) is 9.51. The van der Waals surface area contributed by atoms with Gasteiger partial charge in [-0.15, -0.1) is 0 Å². The fourth-order valence-electron chi connectivity index (χ4n) is 9.51. The van der Waals surface area contributed by atoms with E-state index in [1.165, 1.54) is 321 Å². The summed E-state index contributed by atoms with van der Waals surface area (Å²) < 4.78 is 5.33. The third-order valence-corrected chi connectivity index (χ3v) is 13.6. The Labute approximate surface area is 368 Å². The molecular weight excluding hydrogens is 701 g/mol. The molecule has 1 rings (SSSR count). The van der Waals surface area contributed by atoms with Crippen LogP contribution in [0.2, 0.25) is 0 Å². The van der Waals surface area contributed by atoms with Crippen LogP contribution in [0.15, 0.2) is 12.4 Å². The highest BCUT2D eigenvalue weighted by molar-refractivity contribution is 4.84. The Morgan fingerprint density at radius 1 is 0.293 bits per heavy atom. The van der Waals surface area contributed by atoms with E-state index in [4.69, 9.17) is 0 Å². The summed E-state index contributed by atoms with van der Waals surface area (Å²) >= 11 is 0. The van der Waals surface area contributed by atoms with Gasteiger partial charge in [-0.1, -0.05) is 290 Å². The topological polar surface area (TPSA) is 8.81 Å². The van der Waals surface area contributed by atoms with E-state index in [0.717, 1.165) is 0 Å². The summed E-state index contributed by atoms with van der Waals surface area (Å²) in [6.45, 7) is 9.42. The lowest BCUT2D eigenvalue weighted by molar-refractivity contribution is -0.704. The molecule has 0 aromatic carbocycles. The van der Waals surface area contributed by atoms with E-state index in [0.29, 0.717) is 0 Å². The van der Waals surface area contributed by atoms with E-state index in [-0.39, 0.29) is 0 Å². The Morgan fingerprint density at radius 3 is 0.828 bits per heavy atom. The first-order valence-corrected chi connectivity index (χ1v) is 27.9. The Hall–Kier alpha value is -0.790. The van der Waals surface area contributed by atoms with Crippen LogP contribution in [-0.4, -0.2) is 4.57 Å². The largest absolute Gasteiger partial charge is 0.256 e. The Bertz CT molecular complexity index is 836. The van der Waals surface area contributed by atoms with Crippen molar-refractivity contribution in [3.63, 3.8) is 0 Å². The van der Waals surface area contributed by atoms with Crippen molar-refractivity contribution in [3.8, 4) is 0 Å². The third-order valence-electron chi connectivity index (χ3n) is 13.6. The van der Waals surface area contributed by atoms with Gasteiger partial charge in [0.25, 0.3) is 5.82 Å². The van der Waals surface area contributed by atoms with E-state index in [1.807, 2.05) is 0 Å². The van der Waals surface area contributed by atoms with Gasteiger partial charge in [0.2, 0.25) is 0 Å². The summed E-state index contributed by atoms with van der Waals surface area (Å²) in [6, 6.07) is 0. The first-order chi connectivity index (χ1) is 28.8. The number of unbranched alkanes of at least 4 members (excludes halogenated alkanes) is 44. The maximum atomic E-state index is 2.67. The van der Waals surface area contributed by atoms with Crippen molar-refractivity contribution in [2.24, 2.45) is 0 Å². The molecule has 1 aromatic rings. The minimum atomic E-state index is 1.23. The van der Waals surface area contributed by atoms with E-state index >= 15 is 0 Å². The first-order valence-electron chi connectivity index (χ1n) is 27.9. The van der Waals surface area contributed by atoms with Gasteiger partial charge in [0.1, 0.15) is 12.4 Å². The van der Waals surface area contributed by atoms with Crippen LogP contribution in [0.4, 0.5) is 0 Å². The lowest BCUT2D eigenvalue weighted by atomic mass is 10.0. The van der Waals surface area contributed by atoms with Gasteiger partial charge in [0.05, 0.1) is 13.1 Å². The lowest BCUT2D eigenvalue weighted by Gasteiger charge is -2.07. The monoisotopic (exact) mass is 812 g/mol. The number of rotatable bonds is 50. The zero-order valence-electron chi connectivity index (χ0n) is 40.9. The van der Waals surface area contributed by atoms with Gasteiger partial charge in [0.15, 0.2) is 0 Å². The standard InChI is InChI=1S/C56H111N2/c1-4-7-10-13-16-19-22-25-28-29-30-33-36-39-42-45-48-51-56-57(52-49-46-43-40-37-34-31-26-23-20-17-14-11-8-5-2)54-55-58(56)53-50-47-44-41-38-35-32-27-24-21-18-15-12-9-6-3/h54-55H,4-53H2,1-3H3/q+1. The van der Waals surface area contributed by atoms with E-state index in [2.05, 4.69) is 42.3 Å². The predicted molar refractivity (Wildman–Crippen MR) is 262 cm³/mol. The number of hydrogen-bond acceptors (Lipinski definition) is 0. The first kappa shape index (κ1) is 55.2. The highest BCUT2D eigenvalue weighted by atomic mass is 15.1. The molecule has 0 radical (unpaired) electrons. The molecule has 0 aliphatic carbocycles. The van der Waals surface area contributed by atoms with Crippen molar-refractivity contribution in [2.45, 2.75) is 342 Å². The molecule has 0 aliphatic rings. The number of imidazole rings is 1. The summed E-state index contributed by atoms with van der Waals surface area (Å²) in [4.78, 5) is 0. The summed E-state index contributed by atoms with van der Waals surface area (Å²) in [6.07, 6.45) is 74.3. The van der Waals surface area contributed by atoms with Crippen LogP contribution in [0, 0.1) is 0 Å². The molecule has 0 aliphatic heterocycles. The molecule has 0 saturated heterocycles. The lowest BCUT2D eigenvalue weighted by Crippen LogP contribution is -2.37. The van der Waals surface area contributed by atoms with Crippen LogP contribution >= 0.6 is 0 Å². The molecule has 0 atom stereocenters. The normalized spacial score (nSPS) is 11.7. The van der Waals surface area contributed by atoms with Crippen molar-refractivity contribution >= 4 is 0 Å². The number of hydrogen-bond donors (Lipinski definition) is 0. The third kappa shape index (κ3) is 38.2. The van der Waals surface area contributed by atoms with Gasteiger partial charge < -0.3 is 0 Å². The Morgan fingerprint density at radius 2 is 0.534 bits per heavy atom. The molecule has 0 spiro atoms. The zero-order chi connectivity index (χ0) is 41.5. The maximum absolute atomic E-state index is 2.67. The average Bonchev–Trinajstić information content (AvgIpc) is 3.62. The maximum Gasteiger partial charge on any atom is 0.256 e. The van der Waals surface area contributed by atoms with Gasteiger partial charge in [-0.05, 0) is 32.1 Å². The summed E-state index contributed by atoms with van der Waals surface area (Å²) in [7, 11) is 0. The molecular formula is C56H111N2+. The van der Waals surface area contributed by atoms with Crippen molar-refractivity contribution in [2.75, 3.05) is 0 Å². The molecule has 1 heterocycles. The Kier molecular flexibility index (Phi) is 45.0. The van der Waals surface area contributed by atoms with Crippen LogP contribution < -0.4 is 4.57 Å². The van der Waals surface area contributed by atoms with Gasteiger partial charge in [-0.25, -0.2) is 9.13 Å². The number of aryl methyl sites for hydroxylation is 2. The Balaban J connectivity index is 2.24. The second kappa shape index (κ2) is 47.3. The summed E-state index contributed by atoms with van der Waals surface area (Å²) in [5.41, 5.74) is 0. The minimum Gasteiger partial charge on any atom is -0.234 e. The molecule has 0 N–H and O–H groups in total. The van der Waals surface area contributed by atoms with Crippen LogP contribution in [0.3, 0.4) is 0 Å². The van der Waals surface area contributed by atoms with Crippen molar-refractivity contribution in [3.05, 3.63) is 18.2 Å². The van der Waals surface area contributed by atoms with Gasteiger partial charge in [0, 0.05) is 6.42 Å². The van der Waals surface area contributed by atoms with Crippen molar-refractivity contribution < 1.29 is 4.57 Å². The van der Waals surface area contributed by atoms with E-state index in [1.54, 1.807) is 5.82 Å². The molecule has 1 aromatic heterocycles. The van der Waals surface area contributed by atoms with Gasteiger partial charge in [-0.3, -0.25) is 0 Å². The average molecular weight is 813 g/mol.